The molecule has 1 aromatic rings. The number of carboxylic acid groups (broad SMARTS) is 1. The summed E-state index contributed by atoms with van der Waals surface area (Å²) in [4.78, 5) is 23.2. The van der Waals surface area contributed by atoms with Crippen molar-refractivity contribution >= 4 is 27.8 Å². The van der Waals surface area contributed by atoms with Gasteiger partial charge in [0.15, 0.2) is 0 Å². The summed E-state index contributed by atoms with van der Waals surface area (Å²) in [6, 6.07) is 6.96. The summed E-state index contributed by atoms with van der Waals surface area (Å²) >= 11 is 3.31. The average molecular weight is 329 g/mol. The zero-order chi connectivity index (χ0) is 14.6. The van der Waals surface area contributed by atoms with Gasteiger partial charge in [-0.3, -0.25) is 14.6 Å². The first-order valence-electron chi connectivity index (χ1n) is 5.80. The number of rotatable bonds is 5. The molecule has 1 N–H and O–H groups in total. The van der Waals surface area contributed by atoms with Crippen LogP contribution in [-0.4, -0.2) is 47.6 Å². The van der Waals surface area contributed by atoms with Crippen molar-refractivity contribution in [3.05, 3.63) is 34.3 Å². The van der Waals surface area contributed by atoms with Crippen molar-refractivity contribution in [1.82, 2.24) is 10.0 Å². The molecule has 0 aliphatic carbocycles. The number of carboxylic acids is 1. The zero-order valence-electron chi connectivity index (χ0n) is 11.1. The highest BCUT2D eigenvalue weighted by Crippen LogP contribution is 2.14. The van der Waals surface area contributed by atoms with Gasteiger partial charge >= 0.3 is 5.97 Å². The summed E-state index contributed by atoms with van der Waals surface area (Å²) in [6.45, 7) is 1.71. The Bertz CT molecular complexity index is 459. The first kappa shape index (κ1) is 15.7. The predicted octanol–water partition coefficient (Wildman–Crippen LogP) is 2.09. The molecule has 104 valence electrons. The third-order valence-electron chi connectivity index (χ3n) is 2.68. The molecule has 0 radical (unpaired) electrons. The van der Waals surface area contributed by atoms with Crippen molar-refractivity contribution in [1.29, 1.82) is 0 Å². The Morgan fingerprint density at radius 2 is 1.79 bits per heavy atom. The normalized spacial score (nSPS) is 12.3. The molecular formula is C13H17BrN2O3. The quantitative estimate of drug-likeness (QED) is 0.841. The van der Waals surface area contributed by atoms with Crippen molar-refractivity contribution < 1.29 is 14.7 Å². The highest BCUT2D eigenvalue weighted by atomic mass is 79.9. The van der Waals surface area contributed by atoms with E-state index < -0.39 is 11.9 Å². The summed E-state index contributed by atoms with van der Waals surface area (Å²) < 4.78 is 0.888. The van der Waals surface area contributed by atoms with Crippen LogP contribution in [0.4, 0.5) is 0 Å². The van der Waals surface area contributed by atoms with E-state index in [1.165, 1.54) is 5.01 Å². The standard InChI is InChI=1S/C13H17BrN2O3/c1-9(13(18)19)8-16(15(2)3)12(17)10-4-6-11(14)7-5-10/h4-7,9H,8H2,1-3H3,(H,18,19). The molecule has 0 bridgehead atoms. The maximum absolute atomic E-state index is 12.3. The molecule has 0 saturated heterocycles. The van der Waals surface area contributed by atoms with Crippen LogP contribution >= 0.6 is 15.9 Å². The Kier molecular flexibility index (Phi) is 5.50. The van der Waals surface area contributed by atoms with Crippen molar-refractivity contribution in [3.63, 3.8) is 0 Å². The largest absolute Gasteiger partial charge is 0.481 e. The van der Waals surface area contributed by atoms with Gasteiger partial charge in [-0.25, -0.2) is 5.01 Å². The molecule has 0 saturated carbocycles. The molecule has 6 heteroatoms. The number of halogens is 1. The third kappa shape index (κ3) is 4.33. The molecule has 0 fully saturated rings. The van der Waals surface area contributed by atoms with E-state index in [-0.39, 0.29) is 12.5 Å². The summed E-state index contributed by atoms with van der Waals surface area (Å²) in [5, 5.41) is 12.0. The van der Waals surface area contributed by atoms with E-state index in [2.05, 4.69) is 15.9 Å². The second-order valence-electron chi connectivity index (χ2n) is 4.48. The molecule has 19 heavy (non-hydrogen) atoms. The zero-order valence-corrected chi connectivity index (χ0v) is 12.7. The van der Waals surface area contributed by atoms with Crippen LogP contribution in [0.5, 0.6) is 0 Å². The van der Waals surface area contributed by atoms with E-state index >= 15 is 0 Å². The number of carbonyl (C=O) groups is 2. The van der Waals surface area contributed by atoms with E-state index in [0.717, 1.165) is 4.47 Å². The summed E-state index contributed by atoms with van der Waals surface area (Å²) in [7, 11) is 3.43. The minimum absolute atomic E-state index is 0.136. The van der Waals surface area contributed by atoms with Gasteiger partial charge in [-0.05, 0) is 24.3 Å². The number of carbonyl (C=O) groups excluding carboxylic acids is 1. The molecule has 5 nitrogen and oxygen atoms in total. The van der Waals surface area contributed by atoms with Gasteiger partial charge < -0.3 is 5.11 Å². The molecule has 1 unspecified atom stereocenters. The maximum atomic E-state index is 12.3. The van der Waals surface area contributed by atoms with Gasteiger partial charge in [-0.15, -0.1) is 0 Å². The van der Waals surface area contributed by atoms with Gasteiger partial charge in [0.1, 0.15) is 0 Å². The van der Waals surface area contributed by atoms with Crippen LogP contribution in [0.3, 0.4) is 0 Å². The minimum Gasteiger partial charge on any atom is -0.481 e. The van der Waals surface area contributed by atoms with Crippen LogP contribution in [0.1, 0.15) is 17.3 Å². The Balaban J connectivity index is 2.90. The molecule has 1 atom stereocenters. The van der Waals surface area contributed by atoms with E-state index in [1.807, 2.05) is 0 Å². The molecule has 0 spiro atoms. The summed E-state index contributed by atoms with van der Waals surface area (Å²) in [5.74, 6) is -1.76. The number of amides is 1. The number of aliphatic carboxylic acids is 1. The lowest BCUT2D eigenvalue weighted by atomic mass is 10.1. The predicted molar refractivity (Wildman–Crippen MR) is 75.7 cm³/mol. The van der Waals surface area contributed by atoms with Crippen molar-refractivity contribution in [2.45, 2.75) is 6.92 Å². The molecule has 0 heterocycles. The Hall–Kier alpha value is -1.40. The van der Waals surface area contributed by atoms with Crippen molar-refractivity contribution in [2.24, 2.45) is 5.92 Å². The lowest BCUT2D eigenvalue weighted by molar-refractivity contribution is -0.142. The van der Waals surface area contributed by atoms with Crippen molar-refractivity contribution in [2.75, 3.05) is 20.6 Å². The monoisotopic (exact) mass is 328 g/mol. The number of nitrogens with zero attached hydrogens (tertiary/aromatic N) is 2. The molecule has 0 aromatic heterocycles. The third-order valence-corrected chi connectivity index (χ3v) is 3.21. The van der Waals surface area contributed by atoms with Gasteiger partial charge in [0.05, 0.1) is 12.5 Å². The highest BCUT2D eigenvalue weighted by molar-refractivity contribution is 9.10. The molecule has 1 amide bonds. The summed E-state index contributed by atoms with van der Waals surface area (Å²) in [5.41, 5.74) is 0.523. The lowest BCUT2D eigenvalue weighted by Crippen LogP contribution is -2.45. The number of benzene rings is 1. The second kappa shape index (κ2) is 6.68. The minimum atomic E-state index is -0.921. The average Bonchev–Trinajstić information content (AvgIpc) is 2.35. The van der Waals surface area contributed by atoms with Crippen LogP contribution < -0.4 is 0 Å². The fourth-order valence-electron chi connectivity index (χ4n) is 1.51. The topological polar surface area (TPSA) is 60.9 Å². The molecular weight excluding hydrogens is 312 g/mol. The second-order valence-corrected chi connectivity index (χ2v) is 5.40. The molecule has 0 aliphatic heterocycles. The number of hydrogen-bond acceptors (Lipinski definition) is 3. The van der Waals surface area contributed by atoms with E-state index in [0.29, 0.717) is 5.56 Å². The summed E-state index contributed by atoms with van der Waals surface area (Å²) in [6.07, 6.45) is 0. The van der Waals surface area contributed by atoms with Gasteiger partial charge in [0.2, 0.25) is 0 Å². The fraction of sp³-hybridized carbons (Fsp3) is 0.385. The van der Waals surface area contributed by atoms with Crippen LogP contribution in [0.15, 0.2) is 28.7 Å². The molecule has 0 aliphatic rings. The van der Waals surface area contributed by atoms with Crippen LogP contribution in [0.25, 0.3) is 0 Å². The van der Waals surface area contributed by atoms with E-state index in [9.17, 15) is 9.59 Å². The number of hydrogen-bond donors (Lipinski definition) is 1. The first-order valence-corrected chi connectivity index (χ1v) is 6.59. The van der Waals surface area contributed by atoms with Crippen molar-refractivity contribution in [3.8, 4) is 0 Å². The van der Waals surface area contributed by atoms with Gasteiger partial charge in [-0.1, -0.05) is 22.9 Å². The van der Waals surface area contributed by atoms with Gasteiger partial charge in [-0.2, -0.15) is 0 Å². The van der Waals surface area contributed by atoms with Gasteiger partial charge in [0.25, 0.3) is 5.91 Å². The maximum Gasteiger partial charge on any atom is 0.308 e. The molecule has 1 aromatic carbocycles. The van der Waals surface area contributed by atoms with Gasteiger partial charge in [0, 0.05) is 24.1 Å². The lowest BCUT2D eigenvalue weighted by Gasteiger charge is -2.30. The molecule has 1 rings (SSSR count). The van der Waals surface area contributed by atoms with Crippen LogP contribution in [0.2, 0.25) is 0 Å². The Morgan fingerprint density at radius 1 is 1.26 bits per heavy atom. The fourth-order valence-corrected chi connectivity index (χ4v) is 1.77. The van der Waals surface area contributed by atoms with E-state index in [4.69, 9.17) is 5.11 Å². The first-order chi connectivity index (χ1) is 8.82. The Morgan fingerprint density at radius 3 is 2.21 bits per heavy atom. The van der Waals surface area contributed by atoms with E-state index in [1.54, 1.807) is 50.3 Å². The van der Waals surface area contributed by atoms with Crippen LogP contribution in [0, 0.1) is 5.92 Å². The Labute approximate surface area is 120 Å². The highest BCUT2D eigenvalue weighted by Gasteiger charge is 2.23. The SMILES string of the molecule is CC(CN(C(=O)c1ccc(Br)cc1)N(C)C)C(=O)O. The number of hydrazine groups is 1. The van der Waals surface area contributed by atoms with Crippen LogP contribution in [-0.2, 0) is 4.79 Å². The smallest absolute Gasteiger partial charge is 0.308 e.